The summed E-state index contributed by atoms with van der Waals surface area (Å²) in [5.41, 5.74) is 2.55. The van der Waals surface area contributed by atoms with Crippen LogP contribution in [-0.2, 0) is 0 Å². The van der Waals surface area contributed by atoms with Crippen LogP contribution in [0.2, 0.25) is 0 Å². The quantitative estimate of drug-likeness (QED) is 0.578. The number of benzene rings is 2. The Hall–Kier alpha value is -2.67. The number of hydrogen-bond acceptors (Lipinski definition) is 3. The van der Waals surface area contributed by atoms with Gasteiger partial charge in [0.25, 0.3) is 11.8 Å². The minimum atomic E-state index is -0.321. The van der Waals surface area contributed by atoms with Gasteiger partial charge in [-0.15, -0.1) is 0 Å². The monoisotopic (exact) mass is 415 g/mol. The maximum Gasteiger partial charge on any atom is 0.319 e. The van der Waals surface area contributed by atoms with Crippen LogP contribution >= 0.6 is 15.9 Å². The summed E-state index contributed by atoms with van der Waals surface area (Å²) in [4.78, 5) is 37.7. The SMILES string of the molecule is Cc1cc(Br)ccc1NC(=O)NCCCN1C(=O)c2ccccc2C1=O. The van der Waals surface area contributed by atoms with Gasteiger partial charge < -0.3 is 10.6 Å². The van der Waals surface area contributed by atoms with Crippen LogP contribution < -0.4 is 10.6 Å². The van der Waals surface area contributed by atoms with E-state index in [2.05, 4.69) is 26.6 Å². The Bertz CT molecular complexity index is 847. The average Bonchev–Trinajstić information content (AvgIpc) is 2.86. The van der Waals surface area contributed by atoms with Gasteiger partial charge in [0.05, 0.1) is 11.1 Å². The molecule has 0 saturated carbocycles. The van der Waals surface area contributed by atoms with Crippen LogP contribution in [0.3, 0.4) is 0 Å². The van der Waals surface area contributed by atoms with Gasteiger partial charge >= 0.3 is 6.03 Å². The Kier molecular flexibility index (Phi) is 5.37. The van der Waals surface area contributed by atoms with Gasteiger partial charge in [-0.1, -0.05) is 28.1 Å². The molecule has 26 heavy (non-hydrogen) atoms. The van der Waals surface area contributed by atoms with Crippen molar-refractivity contribution in [2.24, 2.45) is 0 Å². The number of imide groups is 1. The summed E-state index contributed by atoms with van der Waals surface area (Å²) in [6.45, 7) is 2.53. The number of carbonyl (C=O) groups excluding carboxylic acids is 3. The smallest absolute Gasteiger partial charge is 0.319 e. The van der Waals surface area contributed by atoms with Crippen molar-refractivity contribution in [3.05, 3.63) is 63.6 Å². The third-order valence-electron chi connectivity index (χ3n) is 4.16. The first-order valence-corrected chi connectivity index (χ1v) is 9.03. The molecule has 2 aromatic carbocycles. The van der Waals surface area contributed by atoms with Crippen molar-refractivity contribution in [2.45, 2.75) is 13.3 Å². The molecule has 0 bridgehead atoms. The summed E-state index contributed by atoms with van der Waals surface area (Å²) in [7, 11) is 0. The first kappa shape index (κ1) is 18.1. The molecule has 1 heterocycles. The van der Waals surface area contributed by atoms with Gasteiger partial charge in [-0.25, -0.2) is 4.79 Å². The molecule has 2 N–H and O–H groups in total. The highest BCUT2D eigenvalue weighted by atomic mass is 79.9. The first-order valence-electron chi connectivity index (χ1n) is 8.23. The van der Waals surface area contributed by atoms with E-state index in [0.29, 0.717) is 24.1 Å². The van der Waals surface area contributed by atoms with Crippen LogP contribution in [0.5, 0.6) is 0 Å². The standard InChI is InChI=1S/C19H18BrN3O3/c1-12-11-13(20)7-8-16(12)22-19(26)21-9-4-10-23-17(24)14-5-2-3-6-15(14)18(23)25/h2-3,5-8,11H,4,9-10H2,1H3,(H2,21,22,26). The number of hydrogen-bond donors (Lipinski definition) is 2. The van der Waals surface area contributed by atoms with Crippen molar-refractivity contribution in [3.63, 3.8) is 0 Å². The van der Waals surface area contributed by atoms with Crippen molar-refractivity contribution in [2.75, 3.05) is 18.4 Å². The molecule has 4 amide bonds. The average molecular weight is 416 g/mol. The lowest BCUT2D eigenvalue weighted by molar-refractivity contribution is 0.0653. The van der Waals surface area contributed by atoms with Crippen LogP contribution in [0.25, 0.3) is 0 Å². The lowest BCUT2D eigenvalue weighted by Gasteiger charge is -2.14. The van der Waals surface area contributed by atoms with E-state index in [-0.39, 0.29) is 24.4 Å². The molecule has 1 aliphatic rings. The van der Waals surface area contributed by atoms with Crippen molar-refractivity contribution >= 4 is 39.5 Å². The number of anilines is 1. The highest BCUT2D eigenvalue weighted by molar-refractivity contribution is 9.10. The Morgan fingerprint density at radius 1 is 1.08 bits per heavy atom. The molecule has 0 aromatic heterocycles. The molecule has 0 saturated heterocycles. The van der Waals surface area contributed by atoms with Crippen molar-refractivity contribution < 1.29 is 14.4 Å². The first-order chi connectivity index (χ1) is 12.5. The number of nitrogens with one attached hydrogen (secondary N) is 2. The predicted octanol–water partition coefficient (Wildman–Crippen LogP) is 3.57. The van der Waals surface area contributed by atoms with E-state index in [1.165, 1.54) is 4.90 Å². The van der Waals surface area contributed by atoms with Crippen molar-refractivity contribution in [1.29, 1.82) is 0 Å². The lowest BCUT2D eigenvalue weighted by Crippen LogP contribution is -2.35. The number of fused-ring (bicyclic) bond motifs is 1. The Labute approximate surface area is 159 Å². The third-order valence-corrected chi connectivity index (χ3v) is 4.65. The topological polar surface area (TPSA) is 78.5 Å². The molecule has 3 rings (SSSR count). The number of amides is 4. The van der Waals surface area contributed by atoms with Gasteiger partial charge in [0.2, 0.25) is 0 Å². The Morgan fingerprint density at radius 2 is 1.73 bits per heavy atom. The van der Waals surface area contributed by atoms with Crippen LogP contribution in [0.15, 0.2) is 46.9 Å². The number of urea groups is 1. The fourth-order valence-corrected chi connectivity index (χ4v) is 3.29. The highest BCUT2D eigenvalue weighted by Gasteiger charge is 2.34. The normalized spacial score (nSPS) is 12.9. The summed E-state index contributed by atoms with van der Waals surface area (Å²) >= 11 is 3.38. The van der Waals surface area contributed by atoms with E-state index in [1.807, 2.05) is 25.1 Å². The number of nitrogens with zero attached hydrogens (tertiary/aromatic N) is 1. The lowest BCUT2D eigenvalue weighted by atomic mass is 10.1. The van der Waals surface area contributed by atoms with E-state index >= 15 is 0 Å². The van der Waals surface area contributed by atoms with Gasteiger partial charge in [-0.2, -0.15) is 0 Å². The number of carbonyl (C=O) groups is 3. The number of rotatable bonds is 5. The summed E-state index contributed by atoms with van der Waals surface area (Å²) in [6, 6.07) is 12.1. The minimum absolute atomic E-state index is 0.268. The molecule has 0 spiro atoms. The maximum absolute atomic E-state index is 12.2. The van der Waals surface area contributed by atoms with Gasteiger partial charge in [0.1, 0.15) is 0 Å². The molecule has 7 heteroatoms. The van der Waals surface area contributed by atoms with E-state index < -0.39 is 0 Å². The zero-order valence-electron chi connectivity index (χ0n) is 14.2. The zero-order valence-corrected chi connectivity index (χ0v) is 15.8. The van der Waals surface area contributed by atoms with E-state index in [4.69, 9.17) is 0 Å². The summed E-state index contributed by atoms with van der Waals surface area (Å²) in [5, 5.41) is 5.52. The Balaban J connectivity index is 1.47. The second kappa shape index (κ2) is 7.70. The second-order valence-electron chi connectivity index (χ2n) is 6.00. The molecule has 0 fully saturated rings. The number of halogens is 1. The van der Waals surface area contributed by atoms with Gasteiger partial charge in [0, 0.05) is 23.2 Å². The summed E-state index contributed by atoms with van der Waals surface area (Å²) < 4.78 is 0.946. The van der Waals surface area contributed by atoms with E-state index in [0.717, 1.165) is 15.7 Å². The molecule has 0 atom stereocenters. The molecule has 0 radical (unpaired) electrons. The van der Waals surface area contributed by atoms with Crippen LogP contribution in [0.4, 0.5) is 10.5 Å². The highest BCUT2D eigenvalue weighted by Crippen LogP contribution is 2.22. The second-order valence-corrected chi connectivity index (χ2v) is 6.92. The largest absolute Gasteiger partial charge is 0.338 e. The van der Waals surface area contributed by atoms with Crippen molar-refractivity contribution in [1.82, 2.24) is 10.2 Å². The minimum Gasteiger partial charge on any atom is -0.338 e. The van der Waals surface area contributed by atoms with E-state index in [1.54, 1.807) is 24.3 Å². The fraction of sp³-hybridized carbons (Fsp3) is 0.211. The van der Waals surface area contributed by atoms with Gasteiger partial charge in [-0.05, 0) is 49.2 Å². The summed E-state index contributed by atoms with van der Waals surface area (Å²) in [5.74, 6) is -0.555. The zero-order chi connectivity index (χ0) is 18.7. The molecule has 0 unspecified atom stereocenters. The fourth-order valence-electron chi connectivity index (χ4n) is 2.82. The summed E-state index contributed by atoms with van der Waals surface area (Å²) in [6.07, 6.45) is 0.484. The molecular weight excluding hydrogens is 398 g/mol. The molecule has 2 aromatic rings. The number of aryl methyl sites for hydroxylation is 1. The van der Waals surface area contributed by atoms with Crippen LogP contribution in [0, 0.1) is 6.92 Å². The van der Waals surface area contributed by atoms with Crippen molar-refractivity contribution in [3.8, 4) is 0 Å². The van der Waals surface area contributed by atoms with E-state index in [9.17, 15) is 14.4 Å². The van der Waals surface area contributed by atoms with Crippen LogP contribution in [-0.4, -0.2) is 35.8 Å². The predicted molar refractivity (Wildman–Crippen MR) is 102 cm³/mol. The molecule has 6 nitrogen and oxygen atoms in total. The maximum atomic E-state index is 12.2. The molecular formula is C19H18BrN3O3. The third kappa shape index (κ3) is 3.77. The van der Waals surface area contributed by atoms with Gasteiger partial charge in [0.15, 0.2) is 0 Å². The molecule has 134 valence electrons. The van der Waals surface area contributed by atoms with Gasteiger partial charge in [-0.3, -0.25) is 14.5 Å². The molecule has 1 aliphatic heterocycles. The van der Waals surface area contributed by atoms with Crippen LogP contribution in [0.1, 0.15) is 32.7 Å². The molecule has 0 aliphatic carbocycles. The Morgan fingerprint density at radius 3 is 2.35 bits per heavy atom.